The Bertz CT molecular complexity index is 218. The third-order valence-electron chi connectivity index (χ3n) is 2.03. The molecule has 1 amide bonds. The Morgan fingerprint density at radius 1 is 1.11 bits per heavy atom. The van der Waals surface area contributed by atoms with Gasteiger partial charge in [-0.15, -0.1) is 0 Å². The van der Waals surface area contributed by atoms with E-state index in [1.54, 1.807) is 0 Å². The van der Waals surface area contributed by atoms with Gasteiger partial charge in [0.15, 0.2) is 6.29 Å². The average molecular weight is 279 g/mol. The van der Waals surface area contributed by atoms with Crippen molar-refractivity contribution in [1.82, 2.24) is 21.5 Å². The predicted molar refractivity (Wildman–Crippen MR) is 70.1 cm³/mol. The van der Waals surface area contributed by atoms with Crippen LogP contribution in [-0.2, 0) is 4.74 Å². The fourth-order valence-electron chi connectivity index (χ4n) is 1.11. The first kappa shape index (κ1) is 18.0. The normalized spacial score (nSPS) is 10.7. The fraction of sp³-hybridized carbons (Fsp3) is 0.900. The molecule has 0 heterocycles. The summed E-state index contributed by atoms with van der Waals surface area (Å²) in [7, 11) is 0. The van der Waals surface area contributed by atoms with Crippen molar-refractivity contribution in [1.29, 1.82) is 0 Å². The number of amides is 1. The van der Waals surface area contributed by atoms with Gasteiger partial charge in [0.2, 0.25) is 0 Å². The van der Waals surface area contributed by atoms with E-state index in [1.165, 1.54) is 0 Å². The number of carbonyl (C=O) groups is 1. The maximum atomic E-state index is 11.0. The zero-order valence-electron chi connectivity index (χ0n) is 11.0. The molecule has 0 saturated carbocycles. The minimum Gasteiger partial charge on any atom is -0.448 e. The van der Waals surface area contributed by atoms with Gasteiger partial charge in [0.1, 0.15) is 0 Å². The number of hydrogen-bond acceptors (Lipinski definition) is 8. The maximum Gasteiger partial charge on any atom is 0.421 e. The molecule has 8 N–H and O–H groups in total. The average Bonchev–Trinajstić information content (AvgIpc) is 2.36. The largest absolute Gasteiger partial charge is 0.448 e. The van der Waals surface area contributed by atoms with Gasteiger partial charge in [-0.1, -0.05) is 0 Å². The van der Waals surface area contributed by atoms with E-state index in [1.807, 2.05) is 0 Å². The third-order valence-corrected chi connectivity index (χ3v) is 2.03. The van der Waals surface area contributed by atoms with E-state index in [0.717, 1.165) is 19.6 Å². The van der Waals surface area contributed by atoms with Crippen molar-refractivity contribution in [2.24, 2.45) is 5.73 Å². The van der Waals surface area contributed by atoms with Gasteiger partial charge in [0, 0.05) is 45.7 Å². The molecule has 9 nitrogen and oxygen atoms in total. The number of carbonyl (C=O) groups excluding carboxylic acids is 1. The predicted octanol–water partition coefficient (Wildman–Crippen LogP) is -2.94. The summed E-state index contributed by atoms with van der Waals surface area (Å²) in [6.45, 7) is 4.29. The highest BCUT2D eigenvalue weighted by molar-refractivity contribution is 5.66. The van der Waals surface area contributed by atoms with E-state index in [-0.39, 0.29) is 13.0 Å². The molecule has 0 unspecified atom stereocenters. The molecule has 0 aromatic carbocycles. The van der Waals surface area contributed by atoms with Gasteiger partial charge in [-0.2, -0.15) is 0 Å². The Morgan fingerprint density at radius 3 is 2.37 bits per heavy atom. The van der Waals surface area contributed by atoms with Gasteiger partial charge in [-0.3, -0.25) is 5.43 Å². The quantitative estimate of drug-likeness (QED) is 0.114. The summed E-state index contributed by atoms with van der Waals surface area (Å²) in [6.07, 6.45) is -2.12. The number of rotatable bonds is 12. The molecular formula is C10H25N5O4. The standard InChI is InChI=1S/C10H25N5O4/c11-2-3-12-4-5-13-6-7-14-15-10(18)19-8-1-9(16)17/h9,12-14,16-17H,1-8,11H2,(H,15,18). The number of hydrogen-bond donors (Lipinski definition) is 7. The number of aliphatic hydroxyl groups is 2. The Labute approximate surface area is 112 Å². The van der Waals surface area contributed by atoms with E-state index in [4.69, 9.17) is 15.9 Å². The lowest BCUT2D eigenvalue weighted by Gasteiger charge is -2.09. The van der Waals surface area contributed by atoms with Crippen molar-refractivity contribution in [3.05, 3.63) is 0 Å². The lowest BCUT2D eigenvalue weighted by atomic mass is 10.4. The number of hydrazine groups is 1. The van der Waals surface area contributed by atoms with E-state index in [2.05, 4.69) is 26.2 Å². The van der Waals surface area contributed by atoms with Crippen LogP contribution in [0.3, 0.4) is 0 Å². The van der Waals surface area contributed by atoms with Crippen molar-refractivity contribution >= 4 is 6.09 Å². The molecule has 0 aromatic heterocycles. The molecule has 114 valence electrons. The summed E-state index contributed by atoms with van der Waals surface area (Å²) in [6, 6.07) is 0. The number of nitrogens with one attached hydrogen (secondary N) is 4. The zero-order valence-corrected chi connectivity index (χ0v) is 11.0. The van der Waals surface area contributed by atoms with Crippen LogP contribution in [0.5, 0.6) is 0 Å². The van der Waals surface area contributed by atoms with Gasteiger partial charge >= 0.3 is 6.09 Å². The van der Waals surface area contributed by atoms with E-state index in [0.29, 0.717) is 19.6 Å². The Balaban J connectivity index is 3.14. The van der Waals surface area contributed by atoms with Crippen LogP contribution in [0.25, 0.3) is 0 Å². The molecule has 0 rings (SSSR count). The lowest BCUT2D eigenvalue weighted by molar-refractivity contribution is -0.0548. The van der Waals surface area contributed by atoms with Crippen LogP contribution in [0.2, 0.25) is 0 Å². The molecule has 0 fully saturated rings. The first-order valence-corrected chi connectivity index (χ1v) is 6.30. The number of ether oxygens (including phenoxy) is 1. The highest BCUT2D eigenvalue weighted by Crippen LogP contribution is 1.87. The van der Waals surface area contributed by atoms with Crippen LogP contribution < -0.4 is 27.2 Å². The maximum absolute atomic E-state index is 11.0. The van der Waals surface area contributed by atoms with Crippen LogP contribution in [-0.4, -0.2) is 68.5 Å². The smallest absolute Gasteiger partial charge is 0.421 e. The first-order valence-electron chi connectivity index (χ1n) is 6.30. The molecule has 0 atom stereocenters. The number of nitrogens with two attached hydrogens (primary N) is 1. The molecule has 0 aliphatic carbocycles. The van der Waals surface area contributed by atoms with Gasteiger partial charge in [-0.05, 0) is 0 Å². The van der Waals surface area contributed by atoms with Crippen molar-refractivity contribution in [3.8, 4) is 0 Å². The SMILES string of the molecule is NCCNCCNCCNNC(=O)OCCC(O)O. The molecule has 19 heavy (non-hydrogen) atoms. The third kappa shape index (κ3) is 15.0. The second-order valence-electron chi connectivity index (χ2n) is 3.75. The molecule has 0 bridgehead atoms. The molecule has 0 aromatic rings. The topological polar surface area (TPSA) is 141 Å². The molecule has 9 heteroatoms. The summed E-state index contributed by atoms with van der Waals surface area (Å²) >= 11 is 0. The Morgan fingerprint density at radius 2 is 1.74 bits per heavy atom. The van der Waals surface area contributed by atoms with Crippen molar-refractivity contribution in [2.45, 2.75) is 12.7 Å². The minimum atomic E-state index is -1.46. The summed E-state index contributed by atoms with van der Waals surface area (Å²) in [5, 5.41) is 23.3. The number of aliphatic hydroxyl groups excluding tert-OH is 1. The van der Waals surface area contributed by atoms with Crippen molar-refractivity contribution in [3.63, 3.8) is 0 Å². The van der Waals surface area contributed by atoms with E-state index < -0.39 is 12.4 Å². The van der Waals surface area contributed by atoms with Crippen LogP contribution in [0.4, 0.5) is 4.79 Å². The van der Waals surface area contributed by atoms with Gasteiger partial charge in [0.25, 0.3) is 0 Å². The van der Waals surface area contributed by atoms with Crippen LogP contribution in [0.1, 0.15) is 6.42 Å². The van der Waals surface area contributed by atoms with Gasteiger partial charge < -0.3 is 31.3 Å². The molecule has 0 saturated heterocycles. The van der Waals surface area contributed by atoms with Gasteiger partial charge in [0.05, 0.1) is 6.61 Å². The second-order valence-corrected chi connectivity index (χ2v) is 3.75. The monoisotopic (exact) mass is 279 g/mol. The molecule has 0 spiro atoms. The summed E-state index contributed by atoms with van der Waals surface area (Å²) < 4.78 is 4.65. The van der Waals surface area contributed by atoms with Crippen LogP contribution in [0.15, 0.2) is 0 Å². The zero-order chi connectivity index (χ0) is 14.3. The lowest BCUT2D eigenvalue weighted by Crippen LogP contribution is -2.42. The van der Waals surface area contributed by atoms with Crippen LogP contribution >= 0.6 is 0 Å². The molecule has 0 aliphatic rings. The van der Waals surface area contributed by atoms with Crippen molar-refractivity contribution < 1.29 is 19.7 Å². The summed E-state index contributed by atoms with van der Waals surface area (Å²) in [5.74, 6) is 0. The fourth-order valence-corrected chi connectivity index (χ4v) is 1.11. The molecular weight excluding hydrogens is 254 g/mol. The summed E-state index contributed by atoms with van der Waals surface area (Å²) in [5.41, 5.74) is 10.3. The van der Waals surface area contributed by atoms with Crippen LogP contribution in [0, 0.1) is 0 Å². The van der Waals surface area contributed by atoms with Gasteiger partial charge in [-0.25, -0.2) is 10.2 Å². The highest BCUT2D eigenvalue weighted by Gasteiger charge is 2.02. The van der Waals surface area contributed by atoms with E-state index >= 15 is 0 Å². The molecule has 0 radical (unpaired) electrons. The first-order chi connectivity index (χ1) is 9.16. The van der Waals surface area contributed by atoms with Crippen molar-refractivity contribution in [2.75, 3.05) is 45.9 Å². The highest BCUT2D eigenvalue weighted by atomic mass is 16.6. The van der Waals surface area contributed by atoms with E-state index in [9.17, 15) is 4.79 Å². The second kappa shape index (κ2) is 13.5. The Kier molecular flexibility index (Phi) is 12.8. The Hall–Kier alpha value is -0.970. The molecule has 0 aliphatic heterocycles. The summed E-state index contributed by atoms with van der Waals surface area (Å²) in [4.78, 5) is 11.0. The minimum absolute atomic E-state index is 0.00915.